The van der Waals surface area contributed by atoms with E-state index in [-0.39, 0.29) is 12.3 Å². The number of carbonyl (C=O) groups excluding carboxylic acids is 1. The standard InChI is InChI=1S/C14H24N2O3/c1-10-8-15(2)14(19)12(7-13(17)18)16(9-10)11-5-3-4-6-11/h10-12H,3-9H2,1-2H3,(H,17,18). The van der Waals surface area contributed by atoms with Crippen LogP contribution in [0, 0.1) is 5.92 Å². The second-order valence-electron chi connectivity index (χ2n) is 6.07. The van der Waals surface area contributed by atoms with Gasteiger partial charge in [-0.15, -0.1) is 0 Å². The minimum absolute atomic E-state index is 0.0290. The highest BCUT2D eigenvalue weighted by Gasteiger charge is 2.39. The van der Waals surface area contributed by atoms with Gasteiger partial charge in [-0.25, -0.2) is 0 Å². The van der Waals surface area contributed by atoms with Crippen LogP contribution in [0.15, 0.2) is 0 Å². The van der Waals surface area contributed by atoms with Gasteiger partial charge in [-0.3, -0.25) is 14.5 Å². The molecule has 5 nitrogen and oxygen atoms in total. The molecule has 1 aliphatic carbocycles. The van der Waals surface area contributed by atoms with Gasteiger partial charge in [0.15, 0.2) is 0 Å². The van der Waals surface area contributed by atoms with E-state index < -0.39 is 12.0 Å². The van der Waals surface area contributed by atoms with E-state index >= 15 is 0 Å². The van der Waals surface area contributed by atoms with Crippen LogP contribution in [0.3, 0.4) is 0 Å². The Kier molecular flexibility index (Phi) is 4.45. The Morgan fingerprint density at radius 3 is 2.53 bits per heavy atom. The van der Waals surface area contributed by atoms with E-state index in [4.69, 9.17) is 5.11 Å². The van der Waals surface area contributed by atoms with E-state index in [2.05, 4.69) is 11.8 Å². The molecule has 1 saturated carbocycles. The Balaban J connectivity index is 2.22. The maximum absolute atomic E-state index is 12.4. The van der Waals surface area contributed by atoms with Gasteiger partial charge in [0.25, 0.3) is 0 Å². The van der Waals surface area contributed by atoms with Gasteiger partial charge in [-0.1, -0.05) is 19.8 Å². The molecule has 0 spiro atoms. The first-order valence-electron chi connectivity index (χ1n) is 7.21. The van der Waals surface area contributed by atoms with Crippen molar-refractivity contribution in [2.75, 3.05) is 20.1 Å². The number of rotatable bonds is 3. The molecule has 1 saturated heterocycles. The molecule has 1 aliphatic heterocycles. The summed E-state index contributed by atoms with van der Waals surface area (Å²) in [5.74, 6) is -0.517. The van der Waals surface area contributed by atoms with Gasteiger partial charge < -0.3 is 10.0 Å². The highest BCUT2D eigenvalue weighted by Crippen LogP contribution is 2.29. The molecular weight excluding hydrogens is 244 g/mol. The van der Waals surface area contributed by atoms with Crippen LogP contribution >= 0.6 is 0 Å². The van der Waals surface area contributed by atoms with Gasteiger partial charge in [0.05, 0.1) is 6.42 Å². The van der Waals surface area contributed by atoms with Gasteiger partial charge in [0, 0.05) is 26.2 Å². The van der Waals surface area contributed by atoms with Gasteiger partial charge in [0.1, 0.15) is 6.04 Å². The predicted octanol–water partition coefficient (Wildman–Crippen LogP) is 1.18. The zero-order chi connectivity index (χ0) is 14.0. The van der Waals surface area contributed by atoms with Gasteiger partial charge in [-0.05, 0) is 18.8 Å². The fourth-order valence-corrected chi connectivity index (χ4v) is 3.51. The van der Waals surface area contributed by atoms with Crippen molar-refractivity contribution in [3.63, 3.8) is 0 Å². The first-order chi connectivity index (χ1) is 8.99. The lowest BCUT2D eigenvalue weighted by atomic mass is 10.1. The zero-order valence-corrected chi connectivity index (χ0v) is 11.8. The number of likely N-dealkylation sites (N-methyl/N-ethyl adjacent to an activating group) is 1. The predicted molar refractivity (Wildman–Crippen MR) is 71.8 cm³/mol. The normalized spacial score (nSPS) is 30.6. The Bertz CT molecular complexity index is 353. The molecule has 5 heteroatoms. The summed E-state index contributed by atoms with van der Waals surface area (Å²) in [6, 6.07) is -0.0854. The lowest BCUT2D eigenvalue weighted by molar-refractivity contribution is -0.145. The molecule has 0 aromatic rings. The third-order valence-corrected chi connectivity index (χ3v) is 4.33. The molecule has 0 bridgehead atoms. The summed E-state index contributed by atoms with van der Waals surface area (Å²) < 4.78 is 0. The summed E-state index contributed by atoms with van der Waals surface area (Å²) in [6.07, 6.45) is 4.50. The summed E-state index contributed by atoms with van der Waals surface area (Å²) >= 11 is 0. The van der Waals surface area contributed by atoms with Crippen LogP contribution in [0.4, 0.5) is 0 Å². The molecule has 2 rings (SSSR count). The van der Waals surface area contributed by atoms with Crippen molar-refractivity contribution < 1.29 is 14.7 Å². The maximum atomic E-state index is 12.4. The van der Waals surface area contributed by atoms with E-state index in [1.165, 1.54) is 12.8 Å². The third kappa shape index (κ3) is 3.26. The number of carboxylic acid groups (broad SMARTS) is 1. The van der Waals surface area contributed by atoms with Crippen molar-refractivity contribution in [2.24, 2.45) is 5.92 Å². The molecule has 1 N–H and O–H groups in total. The van der Waals surface area contributed by atoms with Crippen molar-refractivity contribution in [1.82, 2.24) is 9.80 Å². The molecule has 0 radical (unpaired) electrons. The molecule has 0 aromatic carbocycles. The lowest BCUT2D eigenvalue weighted by Crippen LogP contribution is -2.49. The Morgan fingerprint density at radius 2 is 1.95 bits per heavy atom. The highest BCUT2D eigenvalue weighted by molar-refractivity contribution is 5.86. The number of hydrogen-bond acceptors (Lipinski definition) is 3. The molecule has 2 fully saturated rings. The van der Waals surface area contributed by atoms with E-state index in [0.29, 0.717) is 12.0 Å². The molecule has 1 amide bonds. The first-order valence-corrected chi connectivity index (χ1v) is 7.21. The number of nitrogens with zero attached hydrogens (tertiary/aromatic N) is 2. The molecule has 19 heavy (non-hydrogen) atoms. The molecule has 1 heterocycles. The van der Waals surface area contributed by atoms with Crippen LogP contribution in [0.25, 0.3) is 0 Å². The average Bonchev–Trinajstić information content (AvgIpc) is 2.82. The third-order valence-electron chi connectivity index (χ3n) is 4.33. The topological polar surface area (TPSA) is 60.9 Å². The fourth-order valence-electron chi connectivity index (χ4n) is 3.51. The summed E-state index contributed by atoms with van der Waals surface area (Å²) in [5, 5.41) is 9.09. The number of carboxylic acids is 1. The number of hydrogen-bond donors (Lipinski definition) is 1. The Morgan fingerprint density at radius 1 is 1.32 bits per heavy atom. The second-order valence-corrected chi connectivity index (χ2v) is 6.07. The number of amides is 1. The van der Waals surface area contributed by atoms with Gasteiger partial charge in [0.2, 0.25) is 5.91 Å². The van der Waals surface area contributed by atoms with Crippen molar-refractivity contribution in [2.45, 2.75) is 51.1 Å². The molecule has 2 aliphatic rings. The van der Waals surface area contributed by atoms with E-state index in [1.807, 2.05) is 0 Å². The van der Waals surface area contributed by atoms with Crippen LogP contribution in [-0.4, -0.2) is 59.0 Å². The van der Waals surface area contributed by atoms with Crippen molar-refractivity contribution >= 4 is 11.9 Å². The number of aliphatic carboxylic acids is 1. The Labute approximate surface area is 114 Å². The zero-order valence-electron chi connectivity index (χ0n) is 11.8. The SMILES string of the molecule is CC1CN(C)C(=O)C(CC(=O)O)N(C2CCCC2)C1. The molecule has 2 atom stereocenters. The largest absolute Gasteiger partial charge is 0.481 e. The summed E-state index contributed by atoms with van der Waals surface area (Å²) in [7, 11) is 1.78. The van der Waals surface area contributed by atoms with Gasteiger partial charge in [-0.2, -0.15) is 0 Å². The molecular formula is C14H24N2O3. The summed E-state index contributed by atoms with van der Waals surface area (Å²) in [4.78, 5) is 27.4. The minimum Gasteiger partial charge on any atom is -0.481 e. The van der Waals surface area contributed by atoms with Crippen LogP contribution in [0.1, 0.15) is 39.0 Å². The molecule has 108 valence electrons. The molecule has 0 aromatic heterocycles. The molecule has 2 unspecified atom stereocenters. The highest BCUT2D eigenvalue weighted by atomic mass is 16.4. The van der Waals surface area contributed by atoms with Crippen LogP contribution in [0.5, 0.6) is 0 Å². The average molecular weight is 268 g/mol. The van der Waals surface area contributed by atoms with E-state index in [1.54, 1.807) is 11.9 Å². The quantitative estimate of drug-likeness (QED) is 0.835. The maximum Gasteiger partial charge on any atom is 0.305 e. The first kappa shape index (κ1) is 14.3. The Hall–Kier alpha value is -1.10. The lowest BCUT2D eigenvalue weighted by Gasteiger charge is -2.34. The second kappa shape index (κ2) is 5.90. The van der Waals surface area contributed by atoms with Crippen molar-refractivity contribution in [3.8, 4) is 0 Å². The minimum atomic E-state index is -0.885. The number of carbonyl (C=O) groups is 2. The van der Waals surface area contributed by atoms with Crippen LogP contribution in [-0.2, 0) is 9.59 Å². The monoisotopic (exact) mass is 268 g/mol. The fraction of sp³-hybridized carbons (Fsp3) is 0.857. The van der Waals surface area contributed by atoms with Crippen LogP contribution < -0.4 is 0 Å². The summed E-state index contributed by atoms with van der Waals surface area (Å²) in [5.41, 5.74) is 0. The smallest absolute Gasteiger partial charge is 0.305 e. The van der Waals surface area contributed by atoms with Gasteiger partial charge >= 0.3 is 5.97 Å². The van der Waals surface area contributed by atoms with Crippen LogP contribution in [0.2, 0.25) is 0 Å². The summed E-state index contributed by atoms with van der Waals surface area (Å²) in [6.45, 7) is 3.69. The van der Waals surface area contributed by atoms with Crippen molar-refractivity contribution in [3.05, 3.63) is 0 Å². The van der Waals surface area contributed by atoms with E-state index in [9.17, 15) is 9.59 Å². The van der Waals surface area contributed by atoms with E-state index in [0.717, 1.165) is 25.9 Å². The van der Waals surface area contributed by atoms with Crippen molar-refractivity contribution in [1.29, 1.82) is 0 Å².